The van der Waals surface area contributed by atoms with E-state index in [1.165, 1.54) is 17.7 Å². The number of aromatic hydroxyl groups is 1. The maximum atomic E-state index is 14.0. The Balaban J connectivity index is 1.38. The fourth-order valence-corrected chi connectivity index (χ4v) is 8.73. The summed E-state index contributed by atoms with van der Waals surface area (Å²) in [5, 5.41) is 12.0. The van der Waals surface area contributed by atoms with Crippen LogP contribution in [0.15, 0.2) is 65.6 Å². The standard InChI is InChI=1S/C36H43NO2S2/c1-35(2,3)27-21-26(22-28(34(27)39)36(4,5)6)41-32-18-12-11-17-31(32)40-23-33(38)37-29-15-9-7-13-24(29)19-20-25-14-8-10-16-30(25)37/h7-10,13-16,19-22,31-32,39H,11-12,17-18,23H2,1-6H3. The molecule has 0 saturated heterocycles. The minimum atomic E-state index is -0.150. The van der Waals surface area contributed by atoms with E-state index in [2.05, 4.69) is 78.0 Å². The molecule has 2 atom stereocenters. The molecular weight excluding hydrogens is 543 g/mol. The van der Waals surface area contributed by atoms with Gasteiger partial charge < -0.3 is 5.11 Å². The molecule has 5 heteroatoms. The molecule has 41 heavy (non-hydrogen) atoms. The van der Waals surface area contributed by atoms with E-state index in [1.807, 2.05) is 64.8 Å². The Morgan fingerprint density at radius 2 is 1.29 bits per heavy atom. The smallest absolute Gasteiger partial charge is 0.241 e. The van der Waals surface area contributed by atoms with E-state index in [1.54, 1.807) is 0 Å². The summed E-state index contributed by atoms with van der Waals surface area (Å²) in [4.78, 5) is 17.1. The molecule has 5 rings (SSSR count). The number of nitrogens with zero attached hydrogens (tertiary/aromatic N) is 1. The van der Waals surface area contributed by atoms with Gasteiger partial charge in [0.2, 0.25) is 5.91 Å². The lowest BCUT2D eigenvalue weighted by atomic mass is 9.79. The van der Waals surface area contributed by atoms with Crippen LogP contribution in [0.25, 0.3) is 12.2 Å². The van der Waals surface area contributed by atoms with Crippen molar-refractivity contribution in [2.45, 2.75) is 93.5 Å². The Morgan fingerprint density at radius 3 is 1.80 bits per heavy atom. The molecule has 1 saturated carbocycles. The molecule has 0 bridgehead atoms. The number of phenols is 1. The molecule has 1 heterocycles. The number of hydrogen-bond donors (Lipinski definition) is 1. The van der Waals surface area contributed by atoms with Crippen molar-refractivity contribution in [3.8, 4) is 5.75 Å². The third-order valence-electron chi connectivity index (χ3n) is 8.10. The average Bonchev–Trinajstić information content (AvgIpc) is 3.09. The monoisotopic (exact) mass is 585 g/mol. The molecule has 2 aliphatic rings. The fourth-order valence-electron chi connectivity index (χ4n) is 5.87. The number of carbonyl (C=O) groups is 1. The van der Waals surface area contributed by atoms with Crippen LogP contribution in [0.3, 0.4) is 0 Å². The van der Waals surface area contributed by atoms with E-state index in [0.717, 1.165) is 46.5 Å². The van der Waals surface area contributed by atoms with Gasteiger partial charge in [-0.3, -0.25) is 9.69 Å². The molecule has 3 aromatic carbocycles. The van der Waals surface area contributed by atoms with E-state index in [0.29, 0.717) is 22.0 Å². The zero-order chi connectivity index (χ0) is 29.4. The molecular formula is C36H43NO2S2. The van der Waals surface area contributed by atoms with E-state index in [-0.39, 0.29) is 16.7 Å². The minimum Gasteiger partial charge on any atom is -0.507 e. The number of fused-ring (bicyclic) bond motifs is 2. The Hall–Kier alpha value is -2.63. The highest BCUT2D eigenvalue weighted by molar-refractivity contribution is 8.04. The van der Waals surface area contributed by atoms with Gasteiger partial charge in [0.15, 0.2) is 0 Å². The molecule has 3 aromatic rings. The summed E-state index contributed by atoms with van der Waals surface area (Å²) in [6.07, 6.45) is 8.92. The minimum absolute atomic E-state index is 0.127. The third-order valence-corrected chi connectivity index (χ3v) is 11.1. The number of benzene rings is 3. The first-order valence-corrected chi connectivity index (χ1v) is 16.7. The van der Waals surface area contributed by atoms with E-state index in [9.17, 15) is 9.90 Å². The van der Waals surface area contributed by atoms with Crippen LogP contribution in [0.1, 0.15) is 89.5 Å². The van der Waals surface area contributed by atoms with Gasteiger partial charge in [-0.25, -0.2) is 0 Å². The predicted molar refractivity (Wildman–Crippen MR) is 179 cm³/mol. The highest BCUT2D eigenvalue weighted by Gasteiger charge is 2.32. The van der Waals surface area contributed by atoms with Crippen molar-refractivity contribution in [2.24, 2.45) is 0 Å². The lowest BCUT2D eigenvalue weighted by Crippen LogP contribution is -2.31. The maximum Gasteiger partial charge on any atom is 0.241 e. The fraction of sp³-hybridized carbons (Fsp3) is 0.417. The Kier molecular flexibility index (Phi) is 8.69. The summed E-state index contributed by atoms with van der Waals surface area (Å²) >= 11 is 3.77. The Morgan fingerprint density at radius 1 is 0.805 bits per heavy atom. The summed E-state index contributed by atoms with van der Waals surface area (Å²) < 4.78 is 0. The number of hydrogen-bond acceptors (Lipinski definition) is 4. The predicted octanol–water partition coefficient (Wildman–Crippen LogP) is 9.97. The van der Waals surface area contributed by atoms with Crippen molar-refractivity contribution in [1.29, 1.82) is 0 Å². The normalized spacial score (nSPS) is 18.9. The molecule has 1 amide bonds. The second-order valence-electron chi connectivity index (χ2n) is 13.3. The molecule has 2 unspecified atom stereocenters. The number of para-hydroxylation sites is 2. The topological polar surface area (TPSA) is 40.5 Å². The second kappa shape index (κ2) is 11.9. The molecule has 0 radical (unpaired) electrons. The van der Waals surface area contributed by atoms with Crippen LogP contribution in [0.5, 0.6) is 5.75 Å². The zero-order valence-corrected chi connectivity index (χ0v) is 26.9. The molecule has 1 aliphatic carbocycles. The summed E-state index contributed by atoms with van der Waals surface area (Å²) in [6.45, 7) is 13.0. The summed E-state index contributed by atoms with van der Waals surface area (Å²) in [5.41, 5.74) is 5.73. The summed E-state index contributed by atoms with van der Waals surface area (Å²) in [6, 6.07) is 20.7. The number of carbonyl (C=O) groups excluding carboxylic acids is 1. The lowest BCUT2D eigenvalue weighted by Gasteiger charge is -2.33. The number of anilines is 2. The van der Waals surface area contributed by atoms with Crippen molar-refractivity contribution in [3.05, 3.63) is 82.9 Å². The van der Waals surface area contributed by atoms with Gasteiger partial charge in [-0.05, 0) is 59.1 Å². The Labute approximate surface area is 254 Å². The average molecular weight is 586 g/mol. The van der Waals surface area contributed by atoms with Crippen LogP contribution in [0, 0.1) is 0 Å². The Bertz CT molecular complexity index is 1360. The van der Waals surface area contributed by atoms with Crippen molar-refractivity contribution in [1.82, 2.24) is 0 Å². The quantitative estimate of drug-likeness (QED) is 0.323. The van der Waals surface area contributed by atoms with Crippen LogP contribution in [-0.4, -0.2) is 27.3 Å². The molecule has 1 aliphatic heterocycles. The van der Waals surface area contributed by atoms with Crippen molar-refractivity contribution in [2.75, 3.05) is 10.7 Å². The van der Waals surface area contributed by atoms with Gasteiger partial charge in [0.25, 0.3) is 0 Å². The van der Waals surface area contributed by atoms with Crippen LogP contribution in [-0.2, 0) is 15.6 Å². The zero-order valence-electron chi connectivity index (χ0n) is 25.2. The van der Waals surface area contributed by atoms with Crippen LogP contribution in [0.2, 0.25) is 0 Å². The number of thioether (sulfide) groups is 2. The summed E-state index contributed by atoms with van der Waals surface area (Å²) in [7, 11) is 0. The third kappa shape index (κ3) is 6.57. The highest BCUT2D eigenvalue weighted by atomic mass is 32.2. The van der Waals surface area contributed by atoms with Gasteiger partial charge in [0, 0.05) is 26.5 Å². The van der Waals surface area contributed by atoms with Gasteiger partial charge in [-0.1, -0.05) is 103 Å². The first kappa shape index (κ1) is 29.8. The van der Waals surface area contributed by atoms with E-state index in [4.69, 9.17) is 0 Å². The van der Waals surface area contributed by atoms with Crippen LogP contribution < -0.4 is 4.90 Å². The van der Waals surface area contributed by atoms with Crippen LogP contribution in [0.4, 0.5) is 11.4 Å². The van der Waals surface area contributed by atoms with Gasteiger partial charge in [0.1, 0.15) is 5.75 Å². The lowest BCUT2D eigenvalue weighted by molar-refractivity contribution is -0.115. The number of rotatable bonds is 5. The largest absolute Gasteiger partial charge is 0.507 e. The molecule has 0 spiro atoms. The van der Waals surface area contributed by atoms with Crippen molar-refractivity contribution >= 4 is 53.0 Å². The van der Waals surface area contributed by atoms with Gasteiger partial charge >= 0.3 is 0 Å². The SMILES string of the molecule is CC(C)(C)c1cc(SC2CCCCC2SCC(=O)N2c3ccccc3C=Cc3ccccc32)cc(C(C)(C)C)c1O. The first-order chi connectivity index (χ1) is 19.4. The second-order valence-corrected chi connectivity index (χ2v) is 15.9. The van der Waals surface area contributed by atoms with Gasteiger partial charge in [-0.15, -0.1) is 23.5 Å². The van der Waals surface area contributed by atoms with E-state index < -0.39 is 0 Å². The maximum absolute atomic E-state index is 14.0. The highest BCUT2D eigenvalue weighted by Crippen LogP contribution is 2.46. The molecule has 1 fully saturated rings. The molecule has 1 N–H and O–H groups in total. The molecule has 0 aromatic heterocycles. The van der Waals surface area contributed by atoms with E-state index >= 15 is 0 Å². The first-order valence-electron chi connectivity index (χ1n) is 14.8. The van der Waals surface area contributed by atoms with Gasteiger partial charge in [0.05, 0.1) is 17.1 Å². The van der Waals surface area contributed by atoms with Crippen LogP contribution >= 0.6 is 23.5 Å². The van der Waals surface area contributed by atoms with Crippen molar-refractivity contribution < 1.29 is 9.90 Å². The molecule has 3 nitrogen and oxygen atoms in total. The van der Waals surface area contributed by atoms with Gasteiger partial charge in [-0.2, -0.15) is 0 Å². The summed E-state index contributed by atoms with van der Waals surface area (Å²) in [5.74, 6) is 1.00. The number of amides is 1. The van der Waals surface area contributed by atoms with Crippen molar-refractivity contribution in [3.63, 3.8) is 0 Å². The number of phenolic OH excluding ortho intramolecular Hbond substituents is 1. The molecule has 216 valence electrons.